The molecule has 0 radical (unpaired) electrons. The Bertz CT molecular complexity index is 3.61. The number of halogens is 4. The first kappa shape index (κ1) is 52.7. The van der Waals surface area contributed by atoms with Crippen LogP contribution in [-0.2, 0) is 0 Å². The summed E-state index contributed by atoms with van der Waals surface area (Å²) in [5, 5.41) is 0. The summed E-state index contributed by atoms with van der Waals surface area (Å²) in [4.78, 5) is 0. The predicted molar refractivity (Wildman–Crippen MR) is 7.25 cm³/mol. The summed E-state index contributed by atoms with van der Waals surface area (Å²) in [6.07, 6.45) is 0. The van der Waals surface area contributed by atoms with Gasteiger partial charge in [0.15, 0.2) is 0 Å². The van der Waals surface area contributed by atoms with Crippen molar-refractivity contribution in [3.63, 3.8) is 0 Å². The van der Waals surface area contributed by atoms with Crippen molar-refractivity contribution in [3.8, 4) is 0 Å². The Morgan fingerprint density at radius 3 is 0.600 bits per heavy atom. The molecule has 0 unspecified atom stereocenters. The number of rotatable bonds is 0. The zero-order valence-electron chi connectivity index (χ0n) is 1.82. The summed E-state index contributed by atoms with van der Waals surface area (Å²) >= 11 is 0. The second-order valence-electron chi connectivity index (χ2n) is 0. The summed E-state index contributed by atoms with van der Waals surface area (Å²) in [6, 6.07) is 0. The third-order valence-corrected chi connectivity index (χ3v) is 0. The second kappa shape index (κ2) is 32.5. The molecule has 0 nitrogen and oxygen atoms in total. The smallest absolute Gasteiger partial charge is 1.00 e. The first-order valence-corrected chi connectivity index (χ1v) is 0. The average molecular weight is 312 g/mol. The zero-order valence-corrected chi connectivity index (χ0v) is 6.68. The van der Waals surface area contributed by atoms with Crippen LogP contribution in [0.1, 0.15) is 0 Å². The Hall–Kier alpha value is 2.39. The Morgan fingerprint density at radius 1 is 0.600 bits per heavy atom. The summed E-state index contributed by atoms with van der Waals surface area (Å²) < 4.78 is 0. The molecule has 0 heterocycles. The van der Waals surface area contributed by atoms with Crippen molar-refractivity contribution in [3.05, 3.63) is 0 Å². The molecule has 0 amide bonds. The van der Waals surface area contributed by atoms with Gasteiger partial charge in [-0.05, 0) is 0 Å². The molecular formula is HCl4Tm. The van der Waals surface area contributed by atoms with Crippen LogP contribution in [0, 0.1) is 36.9 Å². The van der Waals surface area contributed by atoms with Crippen molar-refractivity contribution in [2.75, 3.05) is 0 Å². The minimum atomic E-state index is 0. The molecule has 0 aliphatic heterocycles. The largest absolute Gasteiger partial charge is 3.00 e. The molecule has 0 aromatic carbocycles. The first-order valence-electron chi connectivity index (χ1n) is 0. The molecule has 0 rings (SSSR count). The molecule has 0 spiro atoms. The van der Waals surface area contributed by atoms with E-state index in [9.17, 15) is 0 Å². The van der Waals surface area contributed by atoms with E-state index in [-0.39, 0.29) is 86.5 Å². The minimum absolute atomic E-state index is 0. The van der Waals surface area contributed by atoms with Gasteiger partial charge in [-0.1, -0.05) is 0 Å². The Kier molecular flexibility index (Phi) is 342. The summed E-state index contributed by atoms with van der Waals surface area (Å²) in [5.41, 5.74) is 0. The van der Waals surface area contributed by atoms with E-state index in [2.05, 4.69) is 0 Å². The molecule has 0 aliphatic carbocycles. The molecular weight excluding hydrogens is 311 g/mol. The van der Waals surface area contributed by atoms with Gasteiger partial charge >= 0.3 is 36.9 Å². The maximum absolute atomic E-state index is 0. The van der Waals surface area contributed by atoms with Crippen molar-refractivity contribution >= 4 is 12.4 Å². The monoisotopic (exact) mass is 310 g/mol. The molecule has 0 saturated carbocycles. The molecule has 0 bridgehead atoms. The standard InChI is InChI=1S/4ClH.Tm/h4*1H;/q;;;;+3/p-3. The van der Waals surface area contributed by atoms with E-state index in [1.807, 2.05) is 0 Å². The molecule has 0 saturated heterocycles. The van der Waals surface area contributed by atoms with Crippen LogP contribution in [-0.4, -0.2) is 0 Å². The molecule has 0 fully saturated rings. The van der Waals surface area contributed by atoms with Gasteiger partial charge in [0, 0.05) is 0 Å². The SMILES string of the molecule is Cl.[Cl-].[Cl-].[Cl-].[Tm+3]. The Balaban J connectivity index is 0. The Morgan fingerprint density at radius 2 is 0.600 bits per heavy atom. The van der Waals surface area contributed by atoms with Crippen molar-refractivity contribution in [1.29, 1.82) is 0 Å². The van der Waals surface area contributed by atoms with Crippen LogP contribution in [0.3, 0.4) is 0 Å². The van der Waals surface area contributed by atoms with Gasteiger partial charge in [-0.15, -0.1) is 12.4 Å². The predicted octanol–water partition coefficient (Wildman–Crippen LogP) is -8.57. The molecule has 5 heteroatoms. The maximum Gasteiger partial charge on any atom is 3.00 e. The van der Waals surface area contributed by atoms with Crippen molar-refractivity contribution in [2.45, 2.75) is 0 Å². The number of hydrogen-bond donors (Lipinski definition) is 0. The zero-order chi connectivity index (χ0) is 0. The number of hydrogen-bond acceptors (Lipinski definition) is 0. The molecule has 0 N–H and O–H groups in total. The minimum Gasteiger partial charge on any atom is -1.00 e. The topological polar surface area (TPSA) is 0 Å². The van der Waals surface area contributed by atoms with E-state index in [4.69, 9.17) is 0 Å². The van der Waals surface area contributed by atoms with E-state index in [0.717, 1.165) is 0 Å². The maximum atomic E-state index is 0. The first-order chi connectivity index (χ1) is 0. The normalized spacial score (nSPS) is 0. The molecule has 0 aliphatic rings. The van der Waals surface area contributed by atoms with E-state index >= 15 is 0 Å². The van der Waals surface area contributed by atoms with Gasteiger partial charge in [0.25, 0.3) is 0 Å². The summed E-state index contributed by atoms with van der Waals surface area (Å²) in [5.74, 6) is 0. The molecule has 0 atom stereocenters. The van der Waals surface area contributed by atoms with E-state index < -0.39 is 0 Å². The average Bonchev–Trinajstić information content (AvgIpc) is 0. The fraction of sp³-hybridized carbons (Fsp3) is 0. The molecule has 5 heavy (non-hydrogen) atoms. The van der Waals surface area contributed by atoms with E-state index in [1.54, 1.807) is 0 Å². The fourth-order valence-electron chi connectivity index (χ4n) is 0. The Labute approximate surface area is 85.3 Å². The molecule has 42 valence electrons. The van der Waals surface area contributed by atoms with Gasteiger partial charge in [-0.3, -0.25) is 0 Å². The van der Waals surface area contributed by atoms with Crippen molar-refractivity contribution in [1.82, 2.24) is 0 Å². The van der Waals surface area contributed by atoms with E-state index in [1.165, 1.54) is 0 Å². The van der Waals surface area contributed by atoms with Crippen LogP contribution in [0.5, 0.6) is 0 Å². The quantitative estimate of drug-likeness (QED) is 0.417. The van der Waals surface area contributed by atoms with Gasteiger partial charge in [-0.25, -0.2) is 0 Å². The third kappa shape index (κ3) is 21.5. The van der Waals surface area contributed by atoms with Gasteiger partial charge in [0.2, 0.25) is 0 Å². The summed E-state index contributed by atoms with van der Waals surface area (Å²) in [6.45, 7) is 0. The van der Waals surface area contributed by atoms with Crippen molar-refractivity contribution in [2.24, 2.45) is 0 Å². The van der Waals surface area contributed by atoms with Gasteiger partial charge in [0.05, 0.1) is 0 Å². The van der Waals surface area contributed by atoms with Crippen molar-refractivity contribution < 1.29 is 74.1 Å². The van der Waals surface area contributed by atoms with Crippen LogP contribution >= 0.6 is 12.4 Å². The third-order valence-electron chi connectivity index (χ3n) is 0. The van der Waals surface area contributed by atoms with Crippen LogP contribution in [0.15, 0.2) is 0 Å². The van der Waals surface area contributed by atoms with Gasteiger partial charge < -0.3 is 37.2 Å². The summed E-state index contributed by atoms with van der Waals surface area (Å²) in [7, 11) is 0. The van der Waals surface area contributed by atoms with Crippen LogP contribution in [0.2, 0.25) is 0 Å². The van der Waals surface area contributed by atoms with E-state index in [0.29, 0.717) is 0 Å². The molecule has 0 aromatic heterocycles. The van der Waals surface area contributed by atoms with Crippen LogP contribution in [0.4, 0.5) is 0 Å². The van der Waals surface area contributed by atoms with Crippen LogP contribution < -0.4 is 37.2 Å². The molecule has 0 aromatic rings. The van der Waals surface area contributed by atoms with Gasteiger partial charge in [-0.2, -0.15) is 0 Å². The second-order valence-corrected chi connectivity index (χ2v) is 0. The van der Waals surface area contributed by atoms with Gasteiger partial charge in [0.1, 0.15) is 0 Å². The van der Waals surface area contributed by atoms with Crippen LogP contribution in [0.25, 0.3) is 0 Å². The fourth-order valence-corrected chi connectivity index (χ4v) is 0.